The third-order valence-corrected chi connectivity index (χ3v) is 5.55. The number of methoxy groups -OCH3 is 2. The first kappa shape index (κ1) is 22.6. The molecule has 1 saturated heterocycles. The summed E-state index contributed by atoms with van der Waals surface area (Å²) >= 11 is 1.25. The summed E-state index contributed by atoms with van der Waals surface area (Å²) in [6.45, 7) is 0. The molecule has 2 atom stereocenters. The highest BCUT2D eigenvalue weighted by molar-refractivity contribution is 8.00. The molecule has 4 N–H and O–H groups in total. The molecule has 10 heteroatoms. The molecule has 0 aliphatic carbocycles. The second-order valence-corrected chi connectivity index (χ2v) is 7.80. The largest absolute Gasteiger partial charge is 0.497 e. The van der Waals surface area contributed by atoms with Gasteiger partial charge in [-0.2, -0.15) is 0 Å². The SMILES string of the molecule is COC(=O)c1ccc(NC(=O)CSC2NNC(Cc3ccc(OC)cc3)C(=O)N2)cc1. The molecule has 3 rings (SSSR count). The van der Waals surface area contributed by atoms with Crippen LogP contribution in [0.15, 0.2) is 48.5 Å². The van der Waals surface area contributed by atoms with Crippen molar-refractivity contribution in [3.05, 3.63) is 59.7 Å². The van der Waals surface area contributed by atoms with Crippen LogP contribution in [0.3, 0.4) is 0 Å². The zero-order chi connectivity index (χ0) is 22.2. The Balaban J connectivity index is 1.42. The molecule has 0 bridgehead atoms. The predicted octanol–water partition coefficient (Wildman–Crippen LogP) is 1.27. The molecule has 0 radical (unpaired) electrons. The Hall–Kier alpha value is -3.08. The van der Waals surface area contributed by atoms with E-state index >= 15 is 0 Å². The number of anilines is 1. The van der Waals surface area contributed by atoms with E-state index in [1.807, 2.05) is 24.3 Å². The van der Waals surface area contributed by atoms with Gasteiger partial charge in [0, 0.05) is 5.69 Å². The van der Waals surface area contributed by atoms with Crippen molar-refractivity contribution in [1.82, 2.24) is 16.2 Å². The molecule has 0 spiro atoms. The third-order valence-electron chi connectivity index (χ3n) is 4.55. The van der Waals surface area contributed by atoms with Crippen LogP contribution in [-0.4, -0.2) is 49.3 Å². The van der Waals surface area contributed by atoms with E-state index in [1.165, 1.54) is 18.9 Å². The van der Waals surface area contributed by atoms with Crippen LogP contribution in [0.4, 0.5) is 5.69 Å². The number of amides is 2. The molecule has 1 aliphatic rings. The second kappa shape index (κ2) is 10.8. The predicted molar refractivity (Wildman–Crippen MR) is 118 cm³/mol. The summed E-state index contributed by atoms with van der Waals surface area (Å²) in [5, 5.41) is 5.59. The Labute approximate surface area is 184 Å². The van der Waals surface area contributed by atoms with Crippen LogP contribution in [-0.2, 0) is 20.7 Å². The summed E-state index contributed by atoms with van der Waals surface area (Å²) in [5.74, 6) is 0.0714. The molecule has 1 fully saturated rings. The lowest BCUT2D eigenvalue weighted by Crippen LogP contribution is -2.64. The van der Waals surface area contributed by atoms with Crippen molar-refractivity contribution < 1.29 is 23.9 Å². The molecule has 164 valence electrons. The number of carbonyl (C=O) groups excluding carboxylic acids is 3. The molecular weight excluding hydrogens is 420 g/mol. The molecule has 2 aromatic rings. The van der Waals surface area contributed by atoms with Gasteiger partial charge in [-0.25, -0.2) is 15.6 Å². The molecule has 2 amide bonds. The van der Waals surface area contributed by atoms with Crippen molar-refractivity contribution in [2.24, 2.45) is 0 Å². The maximum Gasteiger partial charge on any atom is 0.337 e. The fourth-order valence-corrected chi connectivity index (χ4v) is 3.64. The summed E-state index contributed by atoms with van der Waals surface area (Å²) in [6, 6.07) is 13.5. The quantitative estimate of drug-likeness (QED) is 0.450. The van der Waals surface area contributed by atoms with Gasteiger partial charge in [-0.3, -0.25) is 9.59 Å². The number of ether oxygens (including phenoxy) is 2. The Morgan fingerprint density at radius 2 is 1.74 bits per heavy atom. The average Bonchev–Trinajstić information content (AvgIpc) is 2.79. The monoisotopic (exact) mass is 444 g/mol. The van der Waals surface area contributed by atoms with Gasteiger partial charge in [0.15, 0.2) is 0 Å². The van der Waals surface area contributed by atoms with E-state index in [2.05, 4.69) is 26.2 Å². The summed E-state index contributed by atoms with van der Waals surface area (Å²) < 4.78 is 9.78. The lowest BCUT2D eigenvalue weighted by atomic mass is 10.1. The highest BCUT2D eigenvalue weighted by atomic mass is 32.2. The molecule has 0 saturated carbocycles. The molecule has 0 aromatic heterocycles. The van der Waals surface area contributed by atoms with E-state index in [0.717, 1.165) is 11.3 Å². The third kappa shape index (κ3) is 6.45. The van der Waals surface area contributed by atoms with E-state index in [4.69, 9.17) is 4.74 Å². The number of benzene rings is 2. The molecule has 31 heavy (non-hydrogen) atoms. The summed E-state index contributed by atoms with van der Waals surface area (Å²) in [5.41, 5.74) is 7.54. The second-order valence-electron chi connectivity index (χ2n) is 6.71. The molecule has 1 heterocycles. The van der Waals surface area contributed by atoms with Crippen LogP contribution in [0.25, 0.3) is 0 Å². The number of carbonyl (C=O) groups is 3. The first-order valence-electron chi connectivity index (χ1n) is 9.52. The summed E-state index contributed by atoms with van der Waals surface area (Å²) in [4.78, 5) is 36.0. The van der Waals surface area contributed by atoms with Gasteiger partial charge in [0.2, 0.25) is 11.8 Å². The van der Waals surface area contributed by atoms with Crippen molar-refractivity contribution in [3.8, 4) is 5.75 Å². The average molecular weight is 445 g/mol. The smallest absolute Gasteiger partial charge is 0.337 e. The van der Waals surface area contributed by atoms with Crippen molar-refractivity contribution >= 4 is 35.2 Å². The summed E-state index contributed by atoms with van der Waals surface area (Å²) in [6.07, 6.45) is 0.516. The number of esters is 1. The molecule has 9 nitrogen and oxygen atoms in total. The number of hydrogen-bond acceptors (Lipinski definition) is 8. The van der Waals surface area contributed by atoms with E-state index in [0.29, 0.717) is 17.7 Å². The molecule has 2 aromatic carbocycles. The minimum atomic E-state index is -0.439. The minimum Gasteiger partial charge on any atom is -0.497 e. The van der Waals surface area contributed by atoms with Crippen LogP contribution < -0.4 is 26.2 Å². The molecular formula is C21H24N4O5S. The molecule has 1 aliphatic heterocycles. The topological polar surface area (TPSA) is 118 Å². The van der Waals surface area contributed by atoms with E-state index in [-0.39, 0.29) is 17.6 Å². The van der Waals surface area contributed by atoms with Crippen molar-refractivity contribution in [1.29, 1.82) is 0 Å². The van der Waals surface area contributed by atoms with Crippen LogP contribution in [0.2, 0.25) is 0 Å². The Morgan fingerprint density at radius 1 is 1.03 bits per heavy atom. The van der Waals surface area contributed by atoms with Crippen molar-refractivity contribution in [2.75, 3.05) is 25.3 Å². The maximum atomic E-state index is 12.4. The van der Waals surface area contributed by atoms with Crippen molar-refractivity contribution in [2.45, 2.75) is 18.0 Å². The van der Waals surface area contributed by atoms with Crippen LogP contribution in [0, 0.1) is 0 Å². The fourth-order valence-electron chi connectivity index (χ4n) is 2.90. The standard InChI is InChI=1S/C21H24N4O5S/c1-29-16-9-3-13(4-10-16)11-17-19(27)23-21(25-24-17)31-12-18(26)22-15-7-5-14(6-8-15)20(28)30-2/h3-10,17,21,24-25H,11-12H2,1-2H3,(H,22,26)(H,23,27). The van der Waals surface area contributed by atoms with Crippen LogP contribution >= 0.6 is 11.8 Å². The maximum absolute atomic E-state index is 12.4. The van der Waals surface area contributed by atoms with Gasteiger partial charge in [-0.1, -0.05) is 12.1 Å². The zero-order valence-electron chi connectivity index (χ0n) is 17.1. The highest BCUT2D eigenvalue weighted by Gasteiger charge is 2.27. The zero-order valence-corrected chi connectivity index (χ0v) is 18.0. The Kier molecular flexibility index (Phi) is 7.88. The Bertz CT molecular complexity index is 920. The van der Waals surface area contributed by atoms with Gasteiger partial charge >= 0.3 is 5.97 Å². The first-order valence-corrected chi connectivity index (χ1v) is 10.6. The first-order chi connectivity index (χ1) is 15.0. The fraction of sp³-hybridized carbons (Fsp3) is 0.286. The number of nitrogens with one attached hydrogen (secondary N) is 4. The van der Waals surface area contributed by atoms with E-state index in [1.54, 1.807) is 31.4 Å². The lowest BCUT2D eigenvalue weighted by Gasteiger charge is -2.31. The lowest BCUT2D eigenvalue weighted by molar-refractivity contribution is -0.125. The van der Waals surface area contributed by atoms with E-state index < -0.39 is 17.5 Å². The minimum absolute atomic E-state index is 0.127. The number of hydrogen-bond donors (Lipinski definition) is 4. The van der Waals surface area contributed by atoms with Gasteiger partial charge in [0.25, 0.3) is 0 Å². The van der Waals surface area contributed by atoms with Gasteiger partial charge < -0.3 is 20.1 Å². The number of hydrazine groups is 1. The molecule has 2 unspecified atom stereocenters. The number of rotatable bonds is 8. The van der Waals surface area contributed by atoms with Gasteiger partial charge in [0.05, 0.1) is 25.5 Å². The van der Waals surface area contributed by atoms with Crippen molar-refractivity contribution in [3.63, 3.8) is 0 Å². The Morgan fingerprint density at radius 3 is 2.35 bits per heavy atom. The van der Waals surface area contributed by atoms with Crippen LogP contribution in [0.1, 0.15) is 15.9 Å². The van der Waals surface area contributed by atoms with E-state index in [9.17, 15) is 14.4 Å². The van der Waals surface area contributed by atoms with Gasteiger partial charge in [0.1, 0.15) is 17.3 Å². The van der Waals surface area contributed by atoms with Gasteiger partial charge in [-0.15, -0.1) is 11.8 Å². The summed E-state index contributed by atoms with van der Waals surface area (Å²) in [7, 11) is 2.91. The van der Waals surface area contributed by atoms with Gasteiger partial charge in [-0.05, 0) is 48.4 Å². The number of thioether (sulfide) groups is 1. The highest BCUT2D eigenvalue weighted by Crippen LogP contribution is 2.15. The van der Waals surface area contributed by atoms with Crippen LogP contribution in [0.5, 0.6) is 5.75 Å². The normalized spacial score (nSPS) is 18.1.